The number of nitro benzene ring substituents is 1. The normalized spacial score (nSPS) is 10.2. The molecule has 7 nitrogen and oxygen atoms in total. The zero-order chi connectivity index (χ0) is 19.1. The van der Waals surface area contributed by atoms with Crippen LogP contribution in [-0.4, -0.2) is 34.7 Å². The highest BCUT2D eigenvalue weighted by atomic mass is 35.5. The Hall–Kier alpha value is -2.93. The van der Waals surface area contributed by atoms with E-state index in [1.807, 2.05) is 37.3 Å². The fraction of sp³-hybridized carbons (Fsp3) is 0.222. The van der Waals surface area contributed by atoms with Crippen LogP contribution in [0.15, 0.2) is 48.5 Å². The SMILES string of the molecule is CCN(Cc1ccccc1)C(=O)CNC(=O)c1ccc(Cl)c([N+](=O)[O-])c1. The summed E-state index contributed by atoms with van der Waals surface area (Å²) >= 11 is 5.73. The highest BCUT2D eigenvalue weighted by molar-refractivity contribution is 6.32. The molecule has 0 saturated carbocycles. The van der Waals surface area contributed by atoms with Gasteiger partial charge in [0, 0.05) is 24.7 Å². The molecule has 0 radical (unpaired) electrons. The van der Waals surface area contributed by atoms with Crippen LogP contribution in [0.4, 0.5) is 5.69 Å². The predicted molar refractivity (Wildman–Crippen MR) is 98.0 cm³/mol. The van der Waals surface area contributed by atoms with Crippen molar-refractivity contribution in [3.8, 4) is 0 Å². The number of benzene rings is 2. The Morgan fingerprint density at radius 2 is 1.88 bits per heavy atom. The summed E-state index contributed by atoms with van der Waals surface area (Å²) in [4.78, 5) is 36.3. The van der Waals surface area contributed by atoms with E-state index in [4.69, 9.17) is 11.6 Å². The van der Waals surface area contributed by atoms with Crippen LogP contribution in [0.1, 0.15) is 22.8 Å². The molecular formula is C18H18ClN3O4. The summed E-state index contributed by atoms with van der Waals surface area (Å²) in [6.07, 6.45) is 0. The Morgan fingerprint density at radius 1 is 1.19 bits per heavy atom. The highest BCUT2D eigenvalue weighted by Gasteiger charge is 2.18. The van der Waals surface area contributed by atoms with E-state index in [2.05, 4.69) is 5.32 Å². The average Bonchev–Trinajstić information content (AvgIpc) is 2.64. The Kier molecular flexibility index (Phi) is 6.68. The summed E-state index contributed by atoms with van der Waals surface area (Å²) in [6.45, 7) is 2.59. The van der Waals surface area contributed by atoms with Crippen molar-refractivity contribution in [2.45, 2.75) is 13.5 Å². The second-order valence-corrected chi connectivity index (χ2v) is 5.91. The van der Waals surface area contributed by atoms with Crippen LogP contribution in [0.5, 0.6) is 0 Å². The molecule has 2 amide bonds. The van der Waals surface area contributed by atoms with Gasteiger partial charge in [0.2, 0.25) is 5.91 Å². The van der Waals surface area contributed by atoms with E-state index >= 15 is 0 Å². The van der Waals surface area contributed by atoms with E-state index in [1.54, 1.807) is 4.90 Å². The lowest BCUT2D eigenvalue weighted by Crippen LogP contribution is -2.39. The van der Waals surface area contributed by atoms with Gasteiger partial charge in [-0.1, -0.05) is 41.9 Å². The van der Waals surface area contributed by atoms with Crippen molar-refractivity contribution in [1.29, 1.82) is 0 Å². The summed E-state index contributed by atoms with van der Waals surface area (Å²) in [5, 5.41) is 13.3. The lowest BCUT2D eigenvalue weighted by Gasteiger charge is -2.21. The molecule has 0 spiro atoms. The maximum absolute atomic E-state index is 12.3. The lowest BCUT2D eigenvalue weighted by molar-refractivity contribution is -0.384. The Bertz CT molecular complexity index is 811. The molecule has 136 valence electrons. The van der Waals surface area contributed by atoms with Crippen LogP contribution in [0.25, 0.3) is 0 Å². The molecule has 1 N–H and O–H groups in total. The van der Waals surface area contributed by atoms with Gasteiger partial charge in [0.1, 0.15) is 5.02 Å². The van der Waals surface area contributed by atoms with Crippen LogP contribution in [-0.2, 0) is 11.3 Å². The molecular weight excluding hydrogens is 358 g/mol. The molecule has 2 aromatic rings. The Morgan fingerprint density at radius 3 is 2.50 bits per heavy atom. The first-order chi connectivity index (χ1) is 12.4. The fourth-order valence-electron chi connectivity index (χ4n) is 2.34. The van der Waals surface area contributed by atoms with Crippen molar-refractivity contribution < 1.29 is 14.5 Å². The van der Waals surface area contributed by atoms with E-state index in [-0.39, 0.29) is 28.7 Å². The number of carbonyl (C=O) groups excluding carboxylic acids is 2. The molecule has 2 aromatic carbocycles. The summed E-state index contributed by atoms with van der Waals surface area (Å²) < 4.78 is 0. The van der Waals surface area contributed by atoms with Crippen LogP contribution < -0.4 is 5.32 Å². The second-order valence-electron chi connectivity index (χ2n) is 5.50. The number of carbonyl (C=O) groups is 2. The zero-order valence-corrected chi connectivity index (χ0v) is 14.9. The Labute approximate surface area is 155 Å². The minimum Gasteiger partial charge on any atom is -0.343 e. The van der Waals surface area contributed by atoms with Gasteiger partial charge in [-0.15, -0.1) is 0 Å². The van der Waals surface area contributed by atoms with Crippen LogP contribution in [0, 0.1) is 10.1 Å². The van der Waals surface area contributed by atoms with Crippen LogP contribution in [0.3, 0.4) is 0 Å². The quantitative estimate of drug-likeness (QED) is 0.594. The van der Waals surface area contributed by atoms with E-state index in [9.17, 15) is 19.7 Å². The summed E-state index contributed by atoms with van der Waals surface area (Å²) in [7, 11) is 0. The highest BCUT2D eigenvalue weighted by Crippen LogP contribution is 2.24. The predicted octanol–water partition coefficient (Wildman–Crippen LogP) is 3.03. The molecule has 8 heteroatoms. The number of nitrogens with one attached hydrogen (secondary N) is 1. The number of amides is 2. The molecule has 0 aliphatic rings. The Balaban J connectivity index is 1.98. The minimum atomic E-state index is -0.664. The van der Waals surface area contributed by atoms with Crippen LogP contribution in [0.2, 0.25) is 5.02 Å². The number of nitrogens with zero attached hydrogens (tertiary/aromatic N) is 2. The number of rotatable bonds is 7. The van der Waals surface area contributed by atoms with E-state index < -0.39 is 10.8 Å². The molecule has 0 atom stereocenters. The van der Waals surface area contributed by atoms with Gasteiger partial charge in [-0.25, -0.2) is 0 Å². The van der Waals surface area contributed by atoms with Crippen molar-refractivity contribution in [1.82, 2.24) is 10.2 Å². The topological polar surface area (TPSA) is 92.6 Å². The third kappa shape index (κ3) is 5.03. The molecule has 0 bridgehead atoms. The first-order valence-corrected chi connectivity index (χ1v) is 8.34. The third-order valence-electron chi connectivity index (χ3n) is 3.76. The molecule has 0 saturated heterocycles. The monoisotopic (exact) mass is 375 g/mol. The maximum atomic E-state index is 12.3. The summed E-state index contributed by atoms with van der Waals surface area (Å²) in [5.41, 5.74) is 0.701. The molecule has 26 heavy (non-hydrogen) atoms. The number of likely N-dealkylation sites (N-methyl/N-ethyl adjacent to an activating group) is 1. The average molecular weight is 376 g/mol. The number of hydrogen-bond donors (Lipinski definition) is 1. The van der Waals surface area contributed by atoms with Gasteiger partial charge in [-0.05, 0) is 24.6 Å². The summed E-state index contributed by atoms with van der Waals surface area (Å²) in [6, 6.07) is 13.3. The molecule has 0 heterocycles. The minimum absolute atomic E-state index is 0.0531. The van der Waals surface area contributed by atoms with Gasteiger partial charge in [-0.2, -0.15) is 0 Å². The van der Waals surface area contributed by atoms with Crippen LogP contribution >= 0.6 is 11.6 Å². The lowest BCUT2D eigenvalue weighted by atomic mass is 10.2. The molecule has 0 aliphatic heterocycles. The maximum Gasteiger partial charge on any atom is 0.288 e. The van der Waals surface area contributed by atoms with Gasteiger partial charge in [-0.3, -0.25) is 19.7 Å². The third-order valence-corrected chi connectivity index (χ3v) is 4.08. The largest absolute Gasteiger partial charge is 0.343 e. The van der Waals surface area contributed by atoms with E-state index in [0.717, 1.165) is 11.6 Å². The number of nitro groups is 1. The smallest absolute Gasteiger partial charge is 0.288 e. The number of halogens is 1. The van der Waals surface area contributed by atoms with Gasteiger partial charge in [0.05, 0.1) is 11.5 Å². The molecule has 0 unspecified atom stereocenters. The van der Waals surface area contributed by atoms with Gasteiger partial charge < -0.3 is 10.2 Å². The molecule has 0 aliphatic carbocycles. The van der Waals surface area contributed by atoms with E-state index in [1.165, 1.54) is 12.1 Å². The summed E-state index contributed by atoms with van der Waals surface area (Å²) in [5.74, 6) is -0.818. The standard InChI is InChI=1S/C18H18ClN3O4/c1-2-21(12-13-6-4-3-5-7-13)17(23)11-20-18(24)14-8-9-15(19)16(10-14)22(25)26/h3-10H,2,11-12H2,1H3,(H,20,24). The van der Waals surface area contributed by atoms with Gasteiger partial charge >= 0.3 is 0 Å². The molecule has 0 aromatic heterocycles. The second kappa shape index (κ2) is 8.96. The zero-order valence-electron chi connectivity index (χ0n) is 14.1. The van der Waals surface area contributed by atoms with Gasteiger partial charge in [0.25, 0.3) is 11.6 Å². The number of hydrogen-bond acceptors (Lipinski definition) is 4. The van der Waals surface area contributed by atoms with E-state index in [0.29, 0.717) is 13.1 Å². The van der Waals surface area contributed by atoms with Crippen molar-refractivity contribution in [2.24, 2.45) is 0 Å². The van der Waals surface area contributed by atoms with Crippen molar-refractivity contribution in [3.05, 3.63) is 74.8 Å². The fourth-order valence-corrected chi connectivity index (χ4v) is 2.53. The first kappa shape index (κ1) is 19.4. The van der Waals surface area contributed by atoms with Crippen molar-refractivity contribution >= 4 is 29.1 Å². The van der Waals surface area contributed by atoms with Gasteiger partial charge in [0.15, 0.2) is 0 Å². The molecule has 2 rings (SSSR count). The molecule has 0 fully saturated rings. The van der Waals surface area contributed by atoms with Crippen molar-refractivity contribution in [2.75, 3.05) is 13.1 Å². The van der Waals surface area contributed by atoms with Crippen molar-refractivity contribution in [3.63, 3.8) is 0 Å². The first-order valence-electron chi connectivity index (χ1n) is 7.96.